The molecule has 1 aliphatic rings. The molecule has 46 heavy (non-hydrogen) atoms. The van der Waals surface area contributed by atoms with Crippen molar-refractivity contribution in [1.29, 1.82) is 0 Å². The number of nitrogens with one attached hydrogen (secondary N) is 2. The van der Waals surface area contributed by atoms with E-state index in [0.717, 1.165) is 19.4 Å². The van der Waals surface area contributed by atoms with E-state index in [2.05, 4.69) is 20.9 Å². The number of carbonyl (C=O) groups excluding carboxylic acids is 6. The summed E-state index contributed by atoms with van der Waals surface area (Å²) in [5.74, 6) is -4.02. The Morgan fingerprint density at radius 3 is 2.09 bits per heavy atom. The molecule has 2 amide bonds. The van der Waals surface area contributed by atoms with Crippen molar-refractivity contribution >= 4 is 35.7 Å². The standard InChI is InChI=1S/C30H39N5O11/c1-16-24(44-18(3)37)25(45-19(4)38)26(46-20(5)39)28(43-16)35-14-22(33-34-35)13-23(31-17(2)36)27(40)32-30(6,7)29(41)42-15-21-11-9-8-10-12-21/h8-12,14,16,23-26,28H,13,15H2,1-7H3,(H,31,36)(H,32,40)/t16-,23+,24+,25+,26-,28-/m1/s1. The molecular formula is C30H39N5O11. The summed E-state index contributed by atoms with van der Waals surface area (Å²) < 4.78 is 28.8. The molecule has 0 aliphatic carbocycles. The van der Waals surface area contributed by atoms with E-state index >= 15 is 0 Å². The zero-order chi connectivity index (χ0) is 34.2. The Labute approximate surface area is 265 Å². The fourth-order valence-corrected chi connectivity index (χ4v) is 4.75. The third kappa shape index (κ3) is 9.82. The molecule has 0 unspecified atom stereocenters. The number of ether oxygens (including phenoxy) is 5. The van der Waals surface area contributed by atoms with Gasteiger partial charge in [0.05, 0.1) is 18.0 Å². The molecule has 0 spiro atoms. The minimum Gasteiger partial charge on any atom is -0.459 e. The lowest BCUT2D eigenvalue weighted by atomic mass is 9.98. The molecule has 2 heterocycles. The average molecular weight is 646 g/mol. The van der Waals surface area contributed by atoms with Crippen LogP contribution in [0, 0.1) is 0 Å². The lowest BCUT2D eigenvalue weighted by molar-refractivity contribution is -0.261. The summed E-state index contributed by atoms with van der Waals surface area (Å²) in [5, 5.41) is 13.3. The van der Waals surface area contributed by atoms with Gasteiger partial charge in [-0.25, -0.2) is 9.48 Å². The fourth-order valence-electron chi connectivity index (χ4n) is 4.75. The van der Waals surface area contributed by atoms with E-state index in [1.807, 2.05) is 6.07 Å². The summed E-state index contributed by atoms with van der Waals surface area (Å²) in [6, 6.07) is 7.85. The molecule has 2 aromatic rings. The van der Waals surface area contributed by atoms with E-state index in [-0.39, 0.29) is 18.7 Å². The number of amides is 2. The Morgan fingerprint density at radius 2 is 1.50 bits per heavy atom. The van der Waals surface area contributed by atoms with Crippen LogP contribution in [0.25, 0.3) is 0 Å². The molecule has 0 bridgehead atoms. The molecule has 2 N–H and O–H groups in total. The molecule has 6 atom stereocenters. The Balaban J connectivity index is 1.80. The van der Waals surface area contributed by atoms with E-state index in [0.29, 0.717) is 0 Å². The summed E-state index contributed by atoms with van der Waals surface area (Å²) in [6.07, 6.45) is -4.48. The molecule has 1 saturated heterocycles. The topological polar surface area (TPSA) is 203 Å². The average Bonchev–Trinajstić information content (AvgIpc) is 3.42. The number of rotatable bonds is 12. The van der Waals surface area contributed by atoms with Gasteiger partial charge in [-0.05, 0) is 26.3 Å². The van der Waals surface area contributed by atoms with Crippen molar-refractivity contribution in [2.75, 3.05) is 0 Å². The van der Waals surface area contributed by atoms with Gasteiger partial charge in [0.2, 0.25) is 11.8 Å². The first-order valence-electron chi connectivity index (χ1n) is 14.5. The first-order chi connectivity index (χ1) is 21.6. The lowest BCUT2D eigenvalue weighted by Gasteiger charge is -2.43. The maximum Gasteiger partial charge on any atom is 0.331 e. The van der Waals surface area contributed by atoms with Gasteiger partial charge in [-0.3, -0.25) is 24.0 Å². The van der Waals surface area contributed by atoms with Gasteiger partial charge in [-0.15, -0.1) is 5.10 Å². The summed E-state index contributed by atoms with van der Waals surface area (Å²) in [6.45, 7) is 9.21. The quantitative estimate of drug-likeness (QED) is 0.241. The maximum atomic E-state index is 13.3. The third-order valence-electron chi connectivity index (χ3n) is 6.74. The molecule has 3 rings (SSSR count). The second kappa shape index (κ2) is 15.4. The normalized spacial score (nSPS) is 21.7. The van der Waals surface area contributed by atoms with Crippen molar-refractivity contribution in [3.05, 3.63) is 47.8 Å². The van der Waals surface area contributed by atoms with Crippen LogP contribution in [0.4, 0.5) is 0 Å². The number of esters is 4. The van der Waals surface area contributed by atoms with Gasteiger partial charge in [0, 0.05) is 34.1 Å². The Kier molecular flexibility index (Phi) is 11.9. The summed E-state index contributed by atoms with van der Waals surface area (Å²) in [5.41, 5.74) is -0.471. The molecule has 1 aliphatic heterocycles. The van der Waals surface area contributed by atoms with Gasteiger partial charge in [0.25, 0.3) is 0 Å². The van der Waals surface area contributed by atoms with Gasteiger partial charge >= 0.3 is 23.9 Å². The van der Waals surface area contributed by atoms with Gasteiger partial charge < -0.3 is 34.3 Å². The zero-order valence-corrected chi connectivity index (χ0v) is 26.7. The lowest BCUT2D eigenvalue weighted by Crippen LogP contribution is -2.58. The van der Waals surface area contributed by atoms with Gasteiger partial charge in [-0.1, -0.05) is 35.5 Å². The van der Waals surface area contributed by atoms with E-state index in [1.54, 1.807) is 31.2 Å². The highest BCUT2D eigenvalue weighted by atomic mass is 16.7. The number of hydrogen-bond donors (Lipinski definition) is 2. The highest BCUT2D eigenvalue weighted by molar-refractivity contribution is 5.92. The first-order valence-corrected chi connectivity index (χ1v) is 14.5. The van der Waals surface area contributed by atoms with Crippen LogP contribution in [0.1, 0.15) is 66.0 Å². The van der Waals surface area contributed by atoms with Crippen LogP contribution < -0.4 is 10.6 Å². The van der Waals surface area contributed by atoms with Crippen molar-refractivity contribution in [3.63, 3.8) is 0 Å². The highest BCUT2D eigenvalue weighted by Crippen LogP contribution is 2.34. The van der Waals surface area contributed by atoms with Crippen LogP contribution in [0.15, 0.2) is 36.5 Å². The van der Waals surface area contributed by atoms with Crippen molar-refractivity contribution in [2.45, 2.75) is 104 Å². The first kappa shape index (κ1) is 35.6. The van der Waals surface area contributed by atoms with E-state index in [9.17, 15) is 28.8 Å². The van der Waals surface area contributed by atoms with Crippen LogP contribution in [-0.4, -0.2) is 86.7 Å². The number of aromatic nitrogens is 3. The van der Waals surface area contributed by atoms with Gasteiger partial charge in [0.1, 0.15) is 18.2 Å². The summed E-state index contributed by atoms with van der Waals surface area (Å²) in [4.78, 5) is 73.9. The van der Waals surface area contributed by atoms with E-state index in [4.69, 9.17) is 23.7 Å². The van der Waals surface area contributed by atoms with Crippen LogP contribution in [-0.2, 0) is 65.5 Å². The van der Waals surface area contributed by atoms with Crippen molar-refractivity contribution in [2.24, 2.45) is 0 Å². The molecule has 16 nitrogen and oxygen atoms in total. The van der Waals surface area contributed by atoms with Crippen molar-refractivity contribution in [1.82, 2.24) is 25.6 Å². The number of nitrogens with zero attached hydrogens (tertiary/aromatic N) is 3. The van der Waals surface area contributed by atoms with E-state index in [1.165, 1.54) is 38.6 Å². The van der Waals surface area contributed by atoms with E-state index < -0.39 is 77.9 Å². The van der Waals surface area contributed by atoms with Crippen molar-refractivity contribution < 1.29 is 52.5 Å². The minimum absolute atomic E-state index is 0.00727. The van der Waals surface area contributed by atoms with Crippen LogP contribution in [0.2, 0.25) is 0 Å². The SMILES string of the molecule is CC(=O)N[C@@H](Cc1cn([C@@H]2O[C@H](C)[C@H](OC(C)=O)[C@H](OC(C)=O)[C@H]2OC(C)=O)nn1)C(=O)NC(C)(C)C(=O)OCc1ccccc1. The van der Waals surface area contributed by atoms with Crippen molar-refractivity contribution in [3.8, 4) is 0 Å². The predicted molar refractivity (Wildman–Crippen MR) is 156 cm³/mol. The predicted octanol–water partition coefficient (Wildman–Crippen LogP) is 0.676. The molecule has 1 aromatic carbocycles. The minimum atomic E-state index is -1.45. The monoisotopic (exact) mass is 645 g/mol. The molecule has 1 fully saturated rings. The molecule has 0 saturated carbocycles. The molecular weight excluding hydrogens is 606 g/mol. The summed E-state index contributed by atoms with van der Waals surface area (Å²) >= 11 is 0. The number of carbonyl (C=O) groups is 6. The Hall–Kier alpha value is -4.86. The highest BCUT2D eigenvalue weighted by Gasteiger charge is 2.51. The molecule has 0 radical (unpaired) electrons. The largest absolute Gasteiger partial charge is 0.459 e. The van der Waals surface area contributed by atoms with Crippen LogP contribution in [0.3, 0.4) is 0 Å². The molecule has 16 heteroatoms. The second-order valence-electron chi connectivity index (χ2n) is 11.3. The summed E-state index contributed by atoms with van der Waals surface area (Å²) in [7, 11) is 0. The number of hydrogen-bond acceptors (Lipinski definition) is 13. The molecule has 1 aromatic heterocycles. The number of benzene rings is 1. The Morgan fingerprint density at radius 1 is 0.913 bits per heavy atom. The molecule has 250 valence electrons. The fraction of sp³-hybridized carbons (Fsp3) is 0.533. The zero-order valence-electron chi connectivity index (χ0n) is 26.7. The smallest absolute Gasteiger partial charge is 0.331 e. The second-order valence-corrected chi connectivity index (χ2v) is 11.3. The van der Waals surface area contributed by atoms with Gasteiger partial charge in [0.15, 0.2) is 24.5 Å². The van der Waals surface area contributed by atoms with Crippen LogP contribution >= 0.6 is 0 Å². The van der Waals surface area contributed by atoms with Crippen LogP contribution in [0.5, 0.6) is 0 Å². The maximum absolute atomic E-state index is 13.3. The third-order valence-corrected chi connectivity index (χ3v) is 6.74. The Bertz CT molecular complexity index is 1430. The van der Waals surface area contributed by atoms with Gasteiger partial charge in [-0.2, -0.15) is 0 Å².